The average molecular weight is 503 g/mol. The molecule has 3 aromatic carbocycles. The number of rotatable bonds is 10. The Morgan fingerprint density at radius 2 is 1.68 bits per heavy atom. The molecule has 0 aromatic heterocycles. The molecule has 0 atom stereocenters. The zero-order valence-corrected chi connectivity index (χ0v) is 21.0. The Morgan fingerprint density at radius 1 is 0.865 bits per heavy atom. The van der Waals surface area contributed by atoms with Crippen LogP contribution in [0.3, 0.4) is 0 Å². The SMILES string of the molecule is CCOc1cc(/C=N\NC(=O)C(=O)Nc2cccc(C)c2)ccc1OCC(=O)Nc1ccccc1CC. The summed E-state index contributed by atoms with van der Waals surface area (Å²) in [6.07, 6.45) is 2.17. The molecular weight excluding hydrogens is 472 g/mol. The summed E-state index contributed by atoms with van der Waals surface area (Å²) < 4.78 is 11.3. The lowest BCUT2D eigenvalue weighted by Crippen LogP contribution is -2.32. The summed E-state index contributed by atoms with van der Waals surface area (Å²) in [6.45, 7) is 5.91. The third-order valence-corrected chi connectivity index (χ3v) is 5.16. The number of ether oxygens (including phenoxy) is 2. The van der Waals surface area contributed by atoms with Crippen molar-refractivity contribution in [2.24, 2.45) is 5.10 Å². The Balaban J connectivity index is 1.57. The van der Waals surface area contributed by atoms with Gasteiger partial charge in [-0.2, -0.15) is 5.10 Å². The maximum absolute atomic E-state index is 12.4. The number of benzene rings is 3. The van der Waals surface area contributed by atoms with Crippen LogP contribution in [0.15, 0.2) is 71.8 Å². The highest BCUT2D eigenvalue weighted by Gasteiger charge is 2.13. The number of nitrogens with zero attached hydrogens (tertiary/aromatic N) is 1. The molecule has 0 bridgehead atoms. The minimum Gasteiger partial charge on any atom is -0.490 e. The predicted octanol–water partition coefficient (Wildman–Crippen LogP) is 4.06. The first-order chi connectivity index (χ1) is 17.9. The number of nitrogens with one attached hydrogen (secondary N) is 3. The number of para-hydroxylation sites is 1. The lowest BCUT2D eigenvalue weighted by atomic mass is 10.1. The topological polar surface area (TPSA) is 118 Å². The molecule has 0 spiro atoms. The second-order valence-electron chi connectivity index (χ2n) is 8.01. The third-order valence-electron chi connectivity index (χ3n) is 5.16. The van der Waals surface area contributed by atoms with Crippen LogP contribution in [-0.2, 0) is 20.8 Å². The van der Waals surface area contributed by atoms with Crippen LogP contribution in [0.4, 0.5) is 11.4 Å². The molecule has 37 heavy (non-hydrogen) atoms. The summed E-state index contributed by atoms with van der Waals surface area (Å²) in [5, 5.41) is 9.22. The van der Waals surface area contributed by atoms with E-state index in [0.29, 0.717) is 29.4 Å². The Kier molecular flexibility index (Phi) is 9.78. The van der Waals surface area contributed by atoms with Gasteiger partial charge in [-0.05, 0) is 73.4 Å². The maximum Gasteiger partial charge on any atom is 0.329 e. The molecular formula is C28H30N4O5. The second-order valence-corrected chi connectivity index (χ2v) is 8.01. The lowest BCUT2D eigenvalue weighted by Gasteiger charge is -2.13. The maximum atomic E-state index is 12.4. The molecule has 0 unspecified atom stereocenters. The van der Waals surface area contributed by atoms with Gasteiger partial charge in [0.2, 0.25) is 0 Å². The van der Waals surface area contributed by atoms with Gasteiger partial charge in [0.1, 0.15) is 0 Å². The molecule has 3 amide bonds. The summed E-state index contributed by atoms with van der Waals surface area (Å²) in [4.78, 5) is 36.5. The number of amides is 3. The van der Waals surface area contributed by atoms with E-state index in [0.717, 1.165) is 23.2 Å². The molecule has 3 aromatic rings. The molecule has 0 aliphatic heterocycles. The highest BCUT2D eigenvalue weighted by molar-refractivity contribution is 6.39. The zero-order valence-electron chi connectivity index (χ0n) is 21.0. The first-order valence-electron chi connectivity index (χ1n) is 11.9. The Bertz CT molecular complexity index is 1290. The number of hydrogen-bond donors (Lipinski definition) is 3. The molecule has 0 radical (unpaired) electrons. The molecule has 3 rings (SSSR count). The average Bonchev–Trinajstić information content (AvgIpc) is 2.88. The van der Waals surface area contributed by atoms with Crippen LogP contribution in [0.1, 0.15) is 30.5 Å². The van der Waals surface area contributed by atoms with Crippen molar-refractivity contribution in [3.05, 3.63) is 83.4 Å². The van der Waals surface area contributed by atoms with E-state index >= 15 is 0 Å². The third kappa shape index (κ3) is 8.21. The summed E-state index contributed by atoms with van der Waals surface area (Å²) in [6, 6.07) is 19.7. The summed E-state index contributed by atoms with van der Waals surface area (Å²) in [5.41, 5.74) is 6.06. The van der Waals surface area contributed by atoms with E-state index in [1.807, 2.05) is 51.1 Å². The van der Waals surface area contributed by atoms with Crippen LogP contribution in [-0.4, -0.2) is 37.1 Å². The highest BCUT2D eigenvalue weighted by Crippen LogP contribution is 2.28. The van der Waals surface area contributed by atoms with Crippen LogP contribution in [0, 0.1) is 6.92 Å². The molecule has 0 fully saturated rings. The van der Waals surface area contributed by atoms with Crippen molar-refractivity contribution in [2.45, 2.75) is 27.2 Å². The van der Waals surface area contributed by atoms with Crippen LogP contribution < -0.4 is 25.5 Å². The van der Waals surface area contributed by atoms with Gasteiger partial charge in [0.25, 0.3) is 5.91 Å². The van der Waals surface area contributed by atoms with Crippen molar-refractivity contribution in [1.29, 1.82) is 0 Å². The van der Waals surface area contributed by atoms with E-state index in [1.165, 1.54) is 6.21 Å². The number of anilines is 2. The van der Waals surface area contributed by atoms with Crippen molar-refractivity contribution in [1.82, 2.24) is 5.43 Å². The molecule has 0 aliphatic carbocycles. The summed E-state index contributed by atoms with van der Waals surface area (Å²) >= 11 is 0. The largest absolute Gasteiger partial charge is 0.490 e. The van der Waals surface area contributed by atoms with Gasteiger partial charge < -0.3 is 20.1 Å². The predicted molar refractivity (Wildman–Crippen MR) is 143 cm³/mol. The fraction of sp³-hybridized carbons (Fsp3) is 0.214. The van der Waals surface area contributed by atoms with Crippen LogP contribution >= 0.6 is 0 Å². The van der Waals surface area contributed by atoms with Gasteiger partial charge in [-0.1, -0.05) is 37.3 Å². The van der Waals surface area contributed by atoms with E-state index in [2.05, 4.69) is 21.2 Å². The van der Waals surface area contributed by atoms with Gasteiger partial charge in [0, 0.05) is 11.4 Å². The van der Waals surface area contributed by atoms with Crippen molar-refractivity contribution in [3.63, 3.8) is 0 Å². The van der Waals surface area contributed by atoms with Gasteiger partial charge in [0.15, 0.2) is 18.1 Å². The van der Waals surface area contributed by atoms with E-state index in [9.17, 15) is 14.4 Å². The van der Waals surface area contributed by atoms with E-state index in [4.69, 9.17) is 9.47 Å². The van der Waals surface area contributed by atoms with Gasteiger partial charge in [-0.25, -0.2) is 5.43 Å². The molecule has 0 saturated carbocycles. The molecule has 192 valence electrons. The van der Waals surface area contributed by atoms with E-state index in [-0.39, 0.29) is 12.5 Å². The molecule has 0 heterocycles. The fourth-order valence-electron chi connectivity index (χ4n) is 3.40. The quantitative estimate of drug-likeness (QED) is 0.220. The first kappa shape index (κ1) is 26.9. The second kappa shape index (κ2) is 13.4. The van der Waals surface area contributed by atoms with Gasteiger partial charge in [0.05, 0.1) is 12.8 Å². The van der Waals surface area contributed by atoms with E-state index < -0.39 is 11.8 Å². The molecule has 3 N–H and O–H groups in total. The van der Waals surface area contributed by atoms with Crippen LogP contribution in [0.5, 0.6) is 11.5 Å². The smallest absolute Gasteiger partial charge is 0.329 e. The Hall–Kier alpha value is -4.66. The van der Waals surface area contributed by atoms with Crippen molar-refractivity contribution in [3.8, 4) is 11.5 Å². The van der Waals surface area contributed by atoms with Crippen LogP contribution in [0.25, 0.3) is 0 Å². The Morgan fingerprint density at radius 3 is 2.43 bits per heavy atom. The van der Waals surface area contributed by atoms with Crippen molar-refractivity contribution >= 4 is 35.3 Å². The summed E-state index contributed by atoms with van der Waals surface area (Å²) in [5.74, 6) is -1.23. The fourth-order valence-corrected chi connectivity index (χ4v) is 3.40. The zero-order chi connectivity index (χ0) is 26.6. The number of carbonyl (C=O) groups is 3. The molecule has 0 saturated heterocycles. The summed E-state index contributed by atoms with van der Waals surface area (Å²) in [7, 11) is 0. The first-order valence-corrected chi connectivity index (χ1v) is 11.9. The van der Waals surface area contributed by atoms with Crippen molar-refractivity contribution in [2.75, 3.05) is 23.8 Å². The standard InChI is InChI=1S/C28H30N4O5/c1-4-21-10-6-7-12-23(21)31-26(33)18-37-24-14-13-20(16-25(24)36-5-2)17-29-32-28(35)27(34)30-22-11-8-9-19(3)15-22/h6-17H,4-5,18H2,1-3H3,(H,30,34)(H,31,33)(H,32,35)/b29-17-. The van der Waals surface area contributed by atoms with Crippen LogP contribution in [0.2, 0.25) is 0 Å². The molecule has 0 aliphatic rings. The number of hydrogen-bond acceptors (Lipinski definition) is 6. The number of aryl methyl sites for hydroxylation is 2. The van der Waals surface area contributed by atoms with E-state index in [1.54, 1.807) is 36.4 Å². The lowest BCUT2D eigenvalue weighted by molar-refractivity contribution is -0.136. The number of carbonyl (C=O) groups excluding carboxylic acids is 3. The van der Waals surface area contributed by atoms with Gasteiger partial charge in [-0.3, -0.25) is 14.4 Å². The highest BCUT2D eigenvalue weighted by atomic mass is 16.5. The normalized spacial score (nSPS) is 10.6. The minimum atomic E-state index is -0.904. The number of hydrazone groups is 1. The van der Waals surface area contributed by atoms with Gasteiger partial charge in [-0.15, -0.1) is 0 Å². The Labute approximate surface area is 215 Å². The monoisotopic (exact) mass is 502 g/mol. The van der Waals surface area contributed by atoms with Gasteiger partial charge >= 0.3 is 11.8 Å². The molecule has 9 nitrogen and oxygen atoms in total. The minimum absolute atomic E-state index is 0.197. The van der Waals surface area contributed by atoms with Crippen molar-refractivity contribution < 1.29 is 23.9 Å². The molecule has 9 heteroatoms.